The third kappa shape index (κ3) is 3.69. The summed E-state index contributed by atoms with van der Waals surface area (Å²) in [5.41, 5.74) is 1.35. The number of para-hydroxylation sites is 1. The molecule has 4 rings (SSSR count). The Morgan fingerprint density at radius 3 is 2.73 bits per heavy atom. The van der Waals surface area contributed by atoms with Crippen LogP contribution < -0.4 is 16.2 Å². The topological polar surface area (TPSA) is 147 Å². The first-order valence-corrected chi connectivity index (χ1v) is 10.3. The van der Waals surface area contributed by atoms with Crippen LogP contribution in [0.15, 0.2) is 52.4 Å². The second-order valence-electron chi connectivity index (χ2n) is 6.36. The van der Waals surface area contributed by atoms with Crippen LogP contribution >= 0.6 is 0 Å². The van der Waals surface area contributed by atoms with E-state index in [0.29, 0.717) is 38.9 Å². The van der Waals surface area contributed by atoms with Crippen LogP contribution in [-0.2, 0) is 18.2 Å². The van der Waals surface area contributed by atoms with E-state index < -0.39 is 11.2 Å². The zero-order valence-corrected chi connectivity index (χ0v) is 16.8. The minimum Gasteiger partial charge on any atom is -0.612 e. The molecule has 3 N–H and O–H groups in total. The number of aryl methyl sites for hydroxylation is 1. The van der Waals surface area contributed by atoms with Crippen molar-refractivity contribution >= 4 is 45.2 Å². The molecule has 1 unspecified atom stereocenters. The first-order chi connectivity index (χ1) is 14.5. The molecule has 0 bridgehead atoms. The molecule has 0 radical (unpaired) electrons. The van der Waals surface area contributed by atoms with E-state index in [4.69, 9.17) is 5.26 Å². The molecule has 1 atom stereocenters. The summed E-state index contributed by atoms with van der Waals surface area (Å²) in [6, 6.07) is 10.7. The van der Waals surface area contributed by atoms with Crippen molar-refractivity contribution in [1.82, 2.24) is 24.7 Å². The summed E-state index contributed by atoms with van der Waals surface area (Å²) in [4.78, 5) is 25.8. The first kappa shape index (κ1) is 19.4. The highest BCUT2D eigenvalue weighted by molar-refractivity contribution is 7.90. The normalized spacial score (nSPS) is 11.8. The van der Waals surface area contributed by atoms with E-state index in [2.05, 4.69) is 30.7 Å². The van der Waals surface area contributed by atoms with Crippen molar-refractivity contribution < 1.29 is 4.55 Å². The highest BCUT2D eigenvalue weighted by Gasteiger charge is 2.17. The maximum absolute atomic E-state index is 12.6. The molecule has 30 heavy (non-hydrogen) atoms. The predicted molar refractivity (Wildman–Crippen MR) is 113 cm³/mol. The largest absolute Gasteiger partial charge is 0.612 e. The lowest BCUT2D eigenvalue weighted by molar-refractivity contribution is 0.601. The molecular formula is C19H16N8O2S. The molecule has 0 amide bonds. The number of pyridine rings is 1. The molecule has 0 aliphatic carbocycles. The van der Waals surface area contributed by atoms with Crippen LogP contribution in [0, 0.1) is 11.3 Å². The molecule has 150 valence electrons. The number of nitrogens with zero attached hydrogens (tertiary/aromatic N) is 5. The lowest BCUT2D eigenvalue weighted by Crippen LogP contribution is -2.12. The zero-order chi connectivity index (χ0) is 21.3. The standard InChI is InChI=1S/C19H16N8O2S/c1-27-19(28)17-13(23-12-5-3-4-6-14(12)30(2)29)7-15(25-18(17)26-27)24-16-10-21-9-11(8-20)22-16/h3-7,9-10H,1-2H3,(H3,22,23,24,25,26). The summed E-state index contributed by atoms with van der Waals surface area (Å²) in [6.07, 6.45) is 4.40. The Bertz CT molecular complexity index is 1340. The molecule has 0 aliphatic rings. The first-order valence-electron chi connectivity index (χ1n) is 8.74. The average molecular weight is 420 g/mol. The number of hydrogen-bond donors (Lipinski definition) is 3. The fraction of sp³-hybridized carbons (Fsp3) is 0.105. The minimum absolute atomic E-state index is 0.159. The fourth-order valence-corrected chi connectivity index (χ4v) is 3.66. The molecule has 3 aromatic heterocycles. The van der Waals surface area contributed by atoms with E-state index in [9.17, 15) is 9.35 Å². The molecule has 0 saturated heterocycles. The number of benzene rings is 1. The number of nitrogens with one attached hydrogen (secondary N) is 3. The van der Waals surface area contributed by atoms with Crippen molar-refractivity contribution in [3.8, 4) is 6.07 Å². The smallest absolute Gasteiger partial charge is 0.277 e. The van der Waals surface area contributed by atoms with Crippen molar-refractivity contribution in [3.63, 3.8) is 0 Å². The molecule has 3 heterocycles. The van der Waals surface area contributed by atoms with Crippen LogP contribution in [0.1, 0.15) is 5.69 Å². The van der Waals surface area contributed by atoms with E-state index >= 15 is 0 Å². The zero-order valence-electron chi connectivity index (χ0n) is 16.0. The van der Waals surface area contributed by atoms with Crippen molar-refractivity contribution in [2.75, 3.05) is 16.9 Å². The predicted octanol–water partition coefficient (Wildman–Crippen LogP) is 2.15. The van der Waals surface area contributed by atoms with Gasteiger partial charge in [-0.1, -0.05) is 12.1 Å². The Labute approximate surface area is 173 Å². The van der Waals surface area contributed by atoms with Gasteiger partial charge in [0, 0.05) is 13.1 Å². The summed E-state index contributed by atoms with van der Waals surface area (Å²) in [5.74, 6) is 0.714. The van der Waals surface area contributed by atoms with Crippen LogP contribution in [0.2, 0.25) is 0 Å². The Morgan fingerprint density at radius 1 is 1.17 bits per heavy atom. The molecule has 0 saturated carbocycles. The SMILES string of the molecule is Cn1[nH]c2nc(Nc3cncc(C#N)n3)cc(Nc3ccccc3[S+](C)[O-])c2c1=O. The Balaban J connectivity index is 1.82. The fourth-order valence-electron chi connectivity index (χ4n) is 2.96. The molecule has 11 heteroatoms. The number of fused-ring (bicyclic) bond motifs is 1. The monoisotopic (exact) mass is 420 g/mol. The van der Waals surface area contributed by atoms with Gasteiger partial charge in [-0.3, -0.25) is 19.6 Å². The van der Waals surface area contributed by atoms with Gasteiger partial charge in [0.25, 0.3) is 5.56 Å². The molecule has 10 nitrogen and oxygen atoms in total. The molecule has 0 aliphatic heterocycles. The molecule has 4 aromatic rings. The van der Waals surface area contributed by atoms with E-state index in [0.717, 1.165) is 0 Å². The third-order valence-electron chi connectivity index (χ3n) is 4.28. The summed E-state index contributed by atoms with van der Waals surface area (Å²) >= 11 is -1.22. The van der Waals surface area contributed by atoms with Crippen molar-refractivity contribution in [1.29, 1.82) is 5.26 Å². The third-order valence-corrected chi connectivity index (χ3v) is 5.26. The van der Waals surface area contributed by atoms with Crippen LogP contribution in [-0.4, -0.2) is 35.5 Å². The van der Waals surface area contributed by atoms with Gasteiger partial charge in [-0.15, -0.1) is 0 Å². The summed E-state index contributed by atoms with van der Waals surface area (Å²) in [6.45, 7) is 0. The maximum atomic E-state index is 12.6. The van der Waals surface area contributed by atoms with Gasteiger partial charge in [-0.2, -0.15) is 5.26 Å². The van der Waals surface area contributed by atoms with E-state index in [1.54, 1.807) is 37.6 Å². The Hall–Kier alpha value is -3.88. The molecule has 0 fully saturated rings. The highest BCUT2D eigenvalue weighted by atomic mass is 32.2. The van der Waals surface area contributed by atoms with Gasteiger partial charge in [0.05, 0.1) is 23.8 Å². The molecule has 1 aromatic carbocycles. The van der Waals surface area contributed by atoms with Crippen LogP contribution in [0.4, 0.5) is 23.0 Å². The second-order valence-corrected chi connectivity index (χ2v) is 7.70. The molecular weight excluding hydrogens is 404 g/mol. The highest BCUT2D eigenvalue weighted by Crippen LogP contribution is 2.30. The van der Waals surface area contributed by atoms with Crippen LogP contribution in [0.5, 0.6) is 0 Å². The molecule has 0 spiro atoms. The summed E-state index contributed by atoms with van der Waals surface area (Å²) in [7, 11) is 1.60. The van der Waals surface area contributed by atoms with Crippen molar-refractivity contribution in [2.24, 2.45) is 7.05 Å². The Kier molecular flexibility index (Phi) is 5.09. The van der Waals surface area contributed by atoms with E-state index in [1.165, 1.54) is 17.1 Å². The van der Waals surface area contributed by atoms with Gasteiger partial charge >= 0.3 is 0 Å². The number of aromatic nitrogens is 5. The number of rotatable bonds is 5. The maximum Gasteiger partial charge on any atom is 0.277 e. The Morgan fingerprint density at radius 2 is 1.97 bits per heavy atom. The number of nitriles is 1. The quantitative estimate of drug-likeness (QED) is 0.416. The lowest BCUT2D eigenvalue weighted by atomic mass is 10.2. The number of aromatic amines is 1. The summed E-state index contributed by atoms with van der Waals surface area (Å²) in [5, 5.41) is 18.5. The average Bonchev–Trinajstić information content (AvgIpc) is 3.02. The van der Waals surface area contributed by atoms with Gasteiger partial charge in [0.1, 0.15) is 23.5 Å². The van der Waals surface area contributed by atoms with E-state index in [-0.39, 0.29) is 11.3 Å². The van der Waals surface area contributed by atoms with Crippen LogP contribution in [0.3, 0.4) is 0 Å². The van der Waals surface area contributed by atoms with Crippen molar-refractivity contribution in [2.45, 2.75) is 4.90 Å². The van der Waals surface area contributed by atoms with Gasteiger partial charge < -0.3 is 15.2 Å². The number of anilines is 4. The van der Waals surface area contributed by atoms with Gasteiger partial charge in [-0.25, -0.2) is 9.97 Å². The summed E-state index contributed by atoms with van der Waals surface area (Å²) < 4.78 is 13.4. The van der Waals surface area contributed by atoms with Gasteiger partial charge in [0.2, 0.25) is 0 Å². The van der Waals surface area contributed by atoms with Crippen molar-refractivity contribution in [3.05, 3.63) is 58.8 Å². The second kappa shape index (κ2) is 7.86. The number of hydrogen-bond acceptors (Lipinski definition) is 8. The minimum atomic E-state index is -1.22. The van der Waals surface area contributed by atoms with Crippen LogP contribution in [0.25, 0.3) is 11.0 Å². The lowest BCUT2D eigenvalue weighted by Gasteiger charge is -2.13. The van der Waals surface area contributed by atoms with Gasteiger partial charge in [-0.05, 0) is 23.3 Å². The van der Waals surface area contributed by atoms with E-state index in [1.807, 2.05) is 12.1 Å². The van der Waals surface area contributed by atoms with Gasteiger partial charge in [0.15, 0.2) is 22.1 Å². The number of H-pyrrole nitrogens is 1.